The Kier molecular flexibility index (Phi) is 1.71. The molecule has 0 saturated heterocycles. The maximum absolute atomic E-state index is 2.30. The predicted octanol–water partition coefficient (Wildman–Crippen LogP) is 6.33. The van der Waals surface area contributed by atoms with E-state index in [1.165, 1.54) is 53.9 Å². The molecular weight excluding hydrogens is 264 g/mol. The lowest BCUT2D eigenvalue weighted by atomic mass is 9.85. The molecule has 6 aromatic rings. The van der Waals surface area contributed by atoms with E-state index in [1.807, 2.05) is 0 Å². The van der Waals surface area contributed by atoms with Gasteiger partial charge >= 0.3 is 0 Å². The molecule has 0 atom stereocenters. The maximum atomic E-state index is 2.30. The van der Waals surface area contributed by atoms with Crippen LogP contribution in [0.15, 0.2) is 72.8 Å². The first-order valence-electron chi connectivity index (χ1n) is 7.73. The van der Waals surface area contributed by atoms with Crippen LogP contribution in [-0.2, 0) is 0 Å². The van der Waals surface area contributed by atoms with E-state index in [0.717, 1.165) is 0 Å². The summed E-state index contributed by atoms with van der Waals surface area (Å²) in [6.07, 6.45) is 0. The Labute approximate surface area is 127 Å². The van der Waals surface area contributed by atoms with Crippen LogP contribution in [0.1, 0.15) is 0 Å². The minimum atomic E-state index is 1.39. The third-order valence-corrected chi connectivity index (χ3v) is 5.17. The number of rotatable bonds is 0. The average molecular weight is 276 g/mol. The molecule has 6 aromatic carbocycles. The molecule has 6 rings (SSSR count). The minimum absolute atomic E-state index is 1.39. The summed E-state index contributed by atoms with van der Waals surface area (Å²) in [5, 5.41) is 14.0. The van der Waals surface area contributed by atoms with Crippen LogP contribution in [0, 0.1) is 0 Å². The lowest BCUT2D eigenvalue weighted by molar-refractivity contribution is 1.79. The van der Waals surface area contributed by atoms with Crippen molar-refractivity contribution in [3.05, 3.63) is 72.8 Å². The maximum Gasteiger partial charge on any atom is -0.00201 e. The van der Waals surface area contributed by atoms with Gasteiger partial charge in [0.15, 0.2) is 0 Å². The third kappa shape index (κ3) is 1.05. The summed E-state index contributed by atoms with van der Waals surface area (Å²) in [7, 11) is 0. The summed E-state index contributed by atoms with van der Waals surface area (Å²) in [4.78, 5) is 0. The van der Waals surface area contributed by atoms with Gasteiger partial charge in [-0.05, 0) is 53.9 Å². The number of benzene rings is 4. The average Bonchev–Trinajstić information content (AvgIpc) is 2.54. The molecule has 0 unspecified atom stereocenters. The third-order valence-electron chi connectivity index (χ3n) is 5.17. The summed E-state index contributed by atoms with van der Waals surface area (Å²) >= 11 is 0. The quantitative estimate of drug-likeness (QED) is 0.304. The molecule has 0 fully saturated rings. The molecule has 0 aromatic heterocycles. The van der Waals surface area contributed by atoms with Gasteiger partial charge < -0.3 is 0 Å². The van der Waals surface area contributed by atoms with Gasteiger partial charge in [-0.25, -0.2) is 0 Å². The van der Waals surface area contributed by atoms with Crippen molar-refractivity contribution in [2.75, 3.05) is 0 Å². The van der Waals surface area contributed by atoms with Gasteiger partial charge in [-0.2, -0.15) is 0 Å². The van der Waals surface area contributed by atoms with Gasteiger partial charge in [0.1, 0.15) is 0 Å². The Bertz CT molecular complexity index is 1170. The monoisotopic (exact) mass is 276 g/mol. The fraction of sp³-hybridized carbons (Fsp3) is 0. The van der Waals surface area contributed by atoms with Crippen molar-refractivity contribution in [3.8, 4) is 0 Å². The van der Waals surface area contributed by atoms with Gasteiger partial charge in [-0.15, -0.1) is 0 Å². The summed E-state index contributed by atoms with van der Waals surface area (Å²) in [5.41, 5.74) is 0. The highest BCUT2D eigenvalue weighted by molar-refractivity contribution is 6.39. The van der Waals surface area contributed by atoms with E-state index < -0.39 is 0 Å². The van der Waals surface area contributed by atoms with E-state index in [9.17, 15) is 0 Å². The molecule has 0 aliphatic heterocycles. The molecule has 0 aliphatic rings. The Hall–Kier alpha value is -2.86. The molecule has 0 amide bonds. The zero-order valence-corrected chi connectivity index (χ0v) is 11.9. The Balaban J connectivity index is 1.88. The van der Waals surface area contributed by atoms with Crippen LogP contribution < -0.4 is 0 Å². The van der Waals surface area contributed by atoms with Crippen LogP contribution >= 0.6 is 0 Å². The lowest BCUT2D eigenvalue weighted by Gasteiger charge is -2.18. The van der Waals surface area contributed by atoms with Crippen molar-refractivity contribution in [1.29, 1.82) is 0 Å². The fourth-order valence-electron chi connectivity index (χ4n) is 4.18. The van der Waals surface area contributed by atoms with Crippen LogP contribution in [0.4, 0.5) is 0 Å². The Morgan fingerprint density at radius 1 is 0.273 bits per heavy atom. The van der Waals surface area contributed by atoms with Crippen LogP contribution in [0.2, 0.25) is 0 Å². The first kappa shape index (κ1) is 10.8. The lowest BCUT2D eigenvalue weighted by Crippen LogP contribution is -1.90. The van der Waals surface area contributed by atoms with Gasteiger partial charge in [0.2, 0.25) is 0 Å². The van der Waals surface area contributed by atoms with Crippen molar-refractivity contribution in [2.45, 2.75) is 0 Å². The van der Waals surface area contributed by atoms with Crippen molar-refractivity contribution >= 4 is 53.9 Å². The normalized spacial score (nSPS) is 12.5. The molecular formula is C22H12. The van der Waals surface area contributed by atoms with E-state index in [-0.39, 0.29) is 0 Å². The van der Waals surface area contributed by atoms with E-state index in [4.69, 9.17) is 0 Å². The topological polar surface area (TPSA) is 0 Å². The largest absolute Gasteiger partial charge is 0.0616 e. The molecule has 0 nitrogen and oxygen atoms in total. The second-order valence-corrected chi connectivity index (χ2v) is 6.16. The molecule has 100 valence electrons. The van der Waals surface area contributed by atoms with E-state index in [1.54, 1.807) is 0 Å². The van der Waals surface area contributed by atoms with Gasteiger partial charge in [0.25, 0.3) is 0 Å². The van der Waals surface area contributed by atoms with Crippen molar-refractivity contribution in [2.24, 2.45) is 0 Å². The van der Waals surface area contributed by atoms with Gasteiger partial charge in [0, 0.05) is 0 Å². The highest BCUT2D eigenvalue weighted by Crippen LogP contribution is 2.45. The molecule has 0 aliphatic carbocycles. The highest BCUT2D eigenvalue weighted by atomic mass is 14.2. The molecule has 0 radical (unpaired) electrons. The number of hydrogen-bond donors (Lipinski definition) is 0. The summed E-state index contributed by atoms with van der Waals surface area (Å²) < 4.78 is 0. The van der Waals surface area contributed by atoms with Crippen LogP contribution in [0.25, 0.3) is 53.9 Å². The number of fused-ring (bicyclic) bond motifs is 11. The Morgan fingerprint density at radius 3 is 0.955 bits per heavy atom. The molecule has 0 spiro atoms. The second-order valence-electron chi connectivity index (χ2n) is 6.16. The van der Waals surface area contributed by atoms with Gasteiger partial charge in [0.05, 0.1) is 0 Å². The number of hydrogen-bond acceptors (Lipinski definition) is 0. The zero-order valence-electron chi connectivity index (χ0n) is 11.9. The predicted molar refractivity (Wildman–Crippen MR) is 96.3 cm³/mol. The molecule has 0 heterocycles. The van der Waals surface area contributed by atoms with E-state index in [2.05, 4.69) is 72.8 Å². The molecule has 0 bridgehead atoms. The van der Waals surface area contributed by atoms with Crippen LogP contribution in [0.3, 0.4) is 0 Å². The standard InChI is InChI=1S/C22H12/c1-3-7-15-13(5-1)17-9-11-20-19(21(15)17)12-10-18-14-6-2-4-8-16(14)22(18)20/h1-12H. The molecule has 0 N–H and O–H groups in total. The first-order valence-corrected chi connectivity index (χ1v) is 7.73. The summed E-state index contributed by atoms with van der Waals surface area (Å²) in [6, 6.07) is 26.6. The van der Waals surface area contributed by atoms with Crippen molar-refractivity contribution < 1.29 is 0 Å². The minimum Gasteiger partial charge on any atom is -0.0616 e. The van der Waals surface area contributed by atoms with E-state index in [0.29, 0.717) is 0 Å². The van der Waals surface area contributed by atoms with Crippen molar-refractivity contribution in [1.82, 2.24) is 0 Å². The highest BCUT2D eigenvalue weighted by Gasteiger charge is 2.16. The smallest absolute Gasteiger partial charge is 0.00201 e. The summed E-state index contributed by atoms with van der Waals surface area (Å²) in [6.45, 7) is 0. The zero-order chi connectivity index (χ0) is 14.3. The Morgan fingerprint density at radius 2 is 0.545 bits per heavy atom. The fourth-order valence-corrected chi connectivity index (χ4v) is 4.18. The van der Waals surface area contributed by atoms with Gasteiger partial charge in [-0.1, -0.05) is 72.8 Å². The SMILES string of the molecule is c1ccc2c(c1)c1ccc3c(ccc4c5ccccc5c43)c21. The molecule has 0 heteroatoms. The summed E-state index contributed by atoms with van der Waals surface area (Å²) in [5.74, 6) is 0. The van der Waals surface area contributed by atoms with Gasteiger partial charge in [-0.3, -0.25) is 0 Å². The van der Waals surface area contributed by atoms with Crippen molar-refractivity contribution in [3.63, 3.8) is 0 Å². The van der Waals surface area contributed by atoms with Crippen LogP contribution in [-0.4, -0.2) is 0 Å². The van der Waals surface area contributed by atoms with Crippen LogP contribution in [0.5, 0.6) is 0 Å². The first-order chi connectivity index (χ1) is 10.9. The molecule has 0 saturated carbocycles. The molecule has 22 heavy (non-hydrogen) atoms. The van der Waals surface area contributed by atoms with E-state index >= 15 is 0 Å². The second kappa shape index (κ2) is 3.48.